The molecular weight excluding hydrogens is 316 g/mol. The van der Waals surface area contributed by atoms with Crippen molar-refractivity contribution in [1.82, 2.24) is 14.2 Å². The molecule has 0 aromatic carbocycles. The predicted octanol–water partition coefficient (Wildman–Crippen LogP) is 3.19. The van der Waals surface area contributed by atoms with Crippen molar-refractivity contribution < 1.29 is 0 Å². The monoisotopic (exact) mass is 336 g/mol. The molecule has 4 nitrogen and oxygen atoms in total. The molecule has 0 saturated carbocycles. The molecule has 0 bridgehead atoms. The summed E-state index contributed by atoms with van der Waals surface area (Å²) in [5, 5.41) is 11.7. The van der Waals surface area contributed by atoms with Crippen molar-refractivity contribution in [2.75, 3.05) is 26.2 Å². The van der Waals surface area contributed by atoms with Crippen molar-refractivity contribution in [2.24, 2.45) is 0 Å². The molecule has 4 heterocycles. The smallest absolute Gasteiger partial charge is 0.102 e. The summed E-state index contributed by atoms with van der Waals surface area (Å²) in [6.45, 7) is 6.22. The molecule has 0 aliphatic carbocycles. The number of fused-ring (bicyclic) bond motifs is 1. The highest BCUT2D eigenvalue weighted by Gasteiger charge is 2.19. The van der Waals surface area contributed by atoms with Crippen LogP contribution in [-0.4, -0.2) is 40.4 Å². The molecule has 1 saturated heterocycles. The molecule has 1 aliphatic rings. The number of hydrogen-bond acceptors (Lipinski definition) is 4. The second-order valence-corrected chi connectivity index (χ2v) is 7.30. The summed E-state index contributed by atoms with van der Waals surface area (Å²) in [4.78, 5) is 6.42. The van der Waals surface area contributed by atoms with E-state index in [4.69, 9.17) is 0 Å². The molecule has 5 heteroatoms. The third-order valence-corrected chi connectivity index (χ3v) is 5.55. The van der Waals surface area contributed by atoms with Crippen LogP contribution in [0, 0.1) is 11.3 Å². The first kappa shape index (κ1) is 15.4. The number of rotatable bonds is 4. The zero-order chi connectivity index (χ0) is 16.4. The second kappa shape index (κ2) is 6.78. The van der Waals surface area contributed by atoms with E-state index in [2.05, 4.69) is 44.0 Å². The molecule has 0 atom stereocenters. The number of nitriles is 1. The maximum Gasteiger partial charge on any atom is 0.102 e. The zero-order valence-corrected chi connectivity index (χ0v) is 14.4. The number of nitrogens with zero attached hydrogens (tertiary/aromatic N) is 4. The summed E-state index contributed by atoms with van der Waals surface area (Å²) in [6.07, 6.45) is 4.12. The Morgan fingerprint density at radius 3 is 2.50 bits per heavy atom. The van der Waals surface area contributed by atoms with Gasteiger partial charge in [0.25, 0.3) is 0 Å². The van der Waals surface area contributed by atoms with Gasteiger partial charge in [-0.05, 0) is 23.6 Å². The van der Waals surface area contributed by atoms with E-state index >= 15 is 0 Å². The average Bonchev–Trinajstić information content (AvgIpc) is 3.23. The minimum atomic E-state index is 0.816. The molecule has 3 aromatic rings. The van der Waals surface area contributed by atoms with E-state index < -0.39 is 0 Å². The lowest BCUT2D eigenvalue weighted by molar-refractivity contribution is 0.123. The molecule has 1 fully saturated rings. The van der Waals surface area contributed by atoms with Crippen LogP contribution in [0.25, 0.3) is 5.52 Å². The lowest BCUT2D eigenvalue weighted by Crippen LogP contribution is -2.45. The standard InChI is InChI=1S/C19H20N4S/c20-12-18-16(14-23-6-2-1-5-19(18)23)13-21-7-9-22(10-8-21)15-17-4-3-11-24-17/h1-6,11,14H,7-10,13,15H2. The first-order valence-electron chi connectivity index (χ1n) is 8.29. The molecule has 24 heavy (non-hydrogen) atoms. The molecule has 0 amide bonds. The average molecular weight is 336 g/mol. The topological polar surface area (TPSA) is 34.7 Å². The summed E-state index contributed by atoms with van der Waals surface area (Å²) in [5.74, 6) is 0. The van der Waals surface area contributed by atoms with E-state index in [0.29, 0.717) is 0 Å². The second-order valence-electron chi connectivity index (χ2n) is 6.27. The Bertz CT molecular complexity index is 851. The van der Waals surface area contributed by atoms with Gasteiger partial charge < -0.3 is 4.40 Å². The number of aromatic nitrogens is 1. The fourth-order valence-electron chi connectivity index (χ4n) is 3.40. The summed E-state index contributed by atoms with van der Waals surface area (Å²) < 4.78 is 2.06. The van der Waals surface area contributed by atoms with Gasteiger partial charge in [0.05, 0.1) is 11.1 Å². The molecule has 3 aromatic heterocycles. The number of piperazine rings is 1. The minimum Gasteiger partial charge on any atom is -0.322 e. The number of thiophene rings is 1. The van der Waals surface area contributed by atoms with Crippen LogP contribution in [0.3, 0.4) is 0 Å². The van der Waals surface area contributed by atoms with Gasteiger partial charge in [0.1, 0.15) is 6.07 Å². The van der Waals surface area contributed by atoms with Crippen LogP contribution in [-0.2, 0) is 13.1 Å². The fourth-order valence-corrected chi connectivity index (χ4v) is 4.14. The van der Waals surface area contributed by atoms with Gasteiger partial charge in [0.2, 0.25) is 0 Å². The van der Waals surface area contributed by atoms with E-state index in [-0.39, 0.29) is 0 Å². The quantitative estimate of drug-likeness (QED) is 0.734. The highest BCUT2D eigenvalue weighted by atomic mass is 32.1. The van der Waals surface area contributed by atoms with Crippen molar-refractivity contribution in [1.29, 1.82) is 5.26 Å². The molecule has 1 aliphatic heterocycles. The molecule has 4 rings (SSSR count). The van der Waals surface area contributed by atoms with Crippen molar-refractivity contribution in [2.45, 2.75) is 13.1 Å². The lowest BCUT2D eigenvalue weighted by atomic mass is 10.1. The lowest BCUT2D eigenvalue weighted by Gasteiger charge is -2.34. The Morgan fingerprint density at radius 2 is 1.79 bits per heavy atom. The Balaban J connectivity index is 1.41. The summed E-state index contributed by atoms with van der Waals surface area (Å²) in [6, 6.07) is 12.7. The third kappa shape index (κ3) is 3.09. The highest BCUT2D eigenvalue weighted by molar-refractivity contribution is 7.09. The maximum absolute atomic E-state index is 9.53. The van der Waals surface area contributed by atoms with Crippen LogP contribution in [0.1, 0.15) is 16.0 Å². The van der Waals surface area contributed by atoms with Gasteiger partial charge in [-0.25, -0.2) is 0 Å². The van der Waals surface area contributed by atoms with Gasteiger partial charge in [-0.1, -0.05) is 12.1 Å². The van der Waals surface area contributed by atoms with E-state index in [0.717, 1.165) is 55.9 Å². The predicted molar refractivity (Wildman–Crippen MR) is 97.0 cm³/mol. The Kier molecular flexibility index (Phi) is 4.35. The van der Waals surface area contributed by atoms with Gasteiger partial charge >= 0.3 is 0 Å². The van der Waals surface area contributed by atoms with Crippen molar-refractivity contribution in [3.8, 4) is 6.07 Å². The number of pyridine rings is 1. The summed E-state index contributed by atoms with van der Waals surface area (Å²) in [7, 11) is 0. The highest BCUT2D eigenvalue weighted by Crippen LogP contribution is 2.20. The van der Waals surface area contributed by atoms with Crippen molar-refractivity contribution >= 4 is 16.9 Å². The van der Waals surface area contributed by atoms with Crippen LogP contribution < -0.4 is 0 Å². The van der Waals surface area contributed by atoms with Gasteiger partial charge in [-0.3, -0.25) is 9.80 Å². The first-order valence-corrected chi connectivity index (χ1v) is 9.17. The molecule has 0 N–H and O–H groups in total. The van der Waals surface area contributed by atoms with Gasteiger partial charge in [0.15, 0.2) is 0 Å². The van der Waals surface area contributed by atoms with Crippen molar-refractivity contribution in [3.63, 3.8) is 0 Å². The summed E-state index contributed by atoms with van der Waals surface area (Å²) >= 11 is 1.83. The van der Waals surface area contributed by atoms with Gasteiger partial charge in [-0.2, -0.15) is 5.26 Å². The third-order valence-electron chi connectivity index (χ3n) is 4.69. The van der Waals surface area contributed by atoms with Crippen molar-refractivity contribution in [3.05, 3.63) is 64.1 Å². The Hall–Kier alpha value is -2.13. The van der Waals surface area contributed by atoms with E-state index in [1.54, 1.807) is 0 Å². The van der Waals surface area contributed by atoms with Crippen LogP contribution in [0.15, 0.2) is 48.1 Å². The minimum absolute atomic E-state index is 0.816. The zero-order valence-electron chi connectivity index (χ0n) is 13.6. The van der Waals surface area contributed by atoms with Crippen LogP contribution in [0.2, 0.25) is 0 Å². The molecular formula is C19H20N4S. The Morgan fingerprint density at radius 1 is 1.00 bits per heavy atom. The van der Waals surface area contributed by atoms with E-state index in [9.17, 15) is 5.26 Å². The van der Waals surface area contributed by atoms with Crippen LogP contribution in [0.4, 0.5) is 0 Å². The van der Waals surface area contributed by atoms with Crippen LogP contribution in [0.5, 0.6) is 0 Å². The SMILES string of the molecule is N#Cc1c(CN2CCN(Cc3cccs3)CC2)cn2ccccc12. The van der Waals surface area contributed by atoms with Gasteiger partial charge in [0, 0.05) is 62.1 Å². The molecule has 0 radical (unpaired) electrons. The maximum atomic E-state index is 9.53. The largest absolute Gasteiger partial charge is 0.322 e. The summed E-state index contributed by atoms with van der Waals surface area (Å²) in [5.41, 5.74) is 2.96. The first-order chi connectivity index (χ1) is 11.8. The molecule has 0 unspecified atom stereocenters. The molecule has 122 valence electrons. The number of hydrogen-bond donors (Lipinski definition) is 0. The van der Waals surface area contributed by atoms with E-state index in [1.165, 1.54) is 4.88 Å². The van der Waals surface area contributed by atoms with E-state index in [1.807, 2.05) is 35.7 Å². The Labute approximate surface area is 146 Å². The normalized spacial score (nSPS) is 16.5. The van der Waals surface area contributed by atoms with Crippen LogP contribution >= 0.6 is 11.3 Å². The van der Waals surface area contributed by atoms with Gasteiger partial charge in [-0.15, -0.1) is 11.3 Å². The molecule has 0 spiro atoms. The fraction of sp³-hybridized carbons (Fsp3) is 0.316.